The van der Waals surface area contributed by atoms with E-state index in [0.717, 1.165) is 49.0 Å². The number of fused-ring (bicyclic) bond motifs is 1. The van der Waals surface area contributed by atoms with Crippen molar-refractivity contribution in [1.82, 2.24) is 24.8 Å². The third-order valence-electron chi connectivity index (χ3n) is 3.99. The largest absolute Gasteiger partial charge is 0.348 e. The summed E-state index contributed by atoms with van der Waals surface area (Å²) in [5, 5.41) is 0. The van der Waals surface area contributed by atoms with Crippen molar-refractivity contribution in [3.05, 3.63) is 66.0 Å². The maximum atomic E-state index is 4.78. The Hall–Kier alpha value is -2.53. The maximum absolute atomic E-state index is 4.78. The number of nitrogens with one attached hydrogen (secondary N) is 1. The molecule has 1 aliphatic heterocycles. The molecule has 0 fully saturated rings. The summed E-state index contributed by atoms with van der Waals surface area (Å²) in [6.07, 6.45) is 6.63. The van der Waals surface area contributed by atoms with Crippen molar-refractivity contribution < 1.29 is 0 Å². The van der Waals surface area contributed by atoms with Gasteiger partial charge in [0.05, 0.1) is 12.2 Å². The van der Waals surface area contributed by atoms with Crippen molar-refractivity contribution in [2.75, 3.05) is 6.54 Å². The first-order valence-electron chi connectivity index (χ1n) is 7.49. The molecule has 0 unspecified atom stereocenters. The van der Waals surface area contributed by atoms with Gasteiger partial charge < -0.3 is 4.98 Å². The minimum atomic E-state index is 0.805. The van der Waals surface area contributed by atoms with Crippen LogP contribution >= 0.6 is 0 Å². The number of rotatable bonds is 3. The molecular formula is C17H17N5. The molecule has 0 aliphatic carbocycles. The number of nitrogens with zero attached hydrogens (tertiary/aromatic N) is 4. The maximum Gasteiger partial charge on any atom is 0.159 e. The fraction of sp³-hybridized carbons (Fsp3) is 0.235. The molecule has 0 atom stereocenters. The van der Waals surface area contributed by atoms with Crippen LogP contribution in [0.25, 0.3) is 11.4 Å². The van der Waals surface area contributed by atoms with Crippen molar-refractivity contribution in [2.45, 2.75) is 19.5 Å². The molecule has 1 N–H and O–H groups in total. The van der Waals surface area contributed by atoms with Gasteiger partial charge in [0.15, 0.2) is 5.82 Å². The number of H-pyrrole nitrogens is 1. The van der Waals surface area contributed by atoms with Crippen LogP contribution in [0.2, 0.25) is 0 Å². The van der Waals surface area contributed by atoms with Crippen molar-refractivity contribution in [1.29, 1.82) is 0 Å². The third kappa shape index (κ3) is 2.63. The van der Waals surface area contributed by atoms with Crippen molar-refractivity contribution in [3.8, 4) is 11.4 Å². The van der Waals surface area contributed by atoms with E-state index in [0.29, 0.717) is 0 Å². The summed E-state index contributed by atoms with van der Waals surface area (Å²) < 4.78 is 0. The molecular weight excluding hydrogens is 274 g/mol. The number of aromatic amines is 1. The van der Waals surface area contributed by atoms with Crippen LogP contribution in [0.4, 0.5) is 0 Å². The van der Waals surface area contributed by atoms with E-state index in [-0.39, 0.29) is 0 Å². The van der Waals surface area contributed by atoms with Gasteiger partial charge in [0, 0.05) is 37.2 Å². The van der Waals surface area contributed by atoms with Gasteiger partial charge in [0.2, 0.25) is 0 Å². The van der Waals surface area contributed by atoms with Gasteiger partial charge in [0.1, 0.15) is 5.82 Å². The van der Waals surface area contributed by atoms with E-state index < -0.39 is 0 Å². The topological polar surface area (TPSA) is 57.7 Å². The fourth-order valence-electron chi connectivity index (χ4n) is 2.81. The summed E-state index contributed by atoms with van der Waals surface area (Å²) in [7, 11) is 0. The SMILES string of the molecule is c1ccc(-c2ncc3c(n2)CN(Cc2ncc[nH]2)CC3)cc1. The average Bonchev–Trinajstić information content (AvgIpc) is 3.08. The van der Waals surface area contributed by atoms with Gasteiger partial charge >= 0.3 is 0 Å². The molecule has 3 heterocycles. The van der Waals surface area contributed by atoms with Crippen molar-refractivity contribution in [2.24, 2.45) is 0 Å². The van der Waals surface area contributed by atoms with Crippen LogP contribution in [0, 0.1) is 0 Å². The van der Waals surface area contributed by atoms with Crippen LogP contribution in [-0.2, 0) is 19.5 Å². The fourth-order valence-corrected chi connectivity index (χ4v) is 2.81. The molecule has 3 aromatic rings. The van der Waals surface area contributed by atoms with Crippen LogP contribution in [0.15, 0.2) is 48.9 Å². The molecule has 22 heavy (non-hydrogen) atoms. The molecule has 1 aliphatic rings. The van der Waals surface area contributed by atoms with Gasteiger partial charge in [-0.2, -0.15) is 0 Å². The van der Waals surface area contributed by atoms with Crippen molar-refractivity contribution >= 4 is 0 Å². The Morgan fingerprint density at radius 2 is 2.05 bits per heavy atom. The van der Waals surface area contributed by atoms with Crippen LogP contribution in [0.3, 0.4) is 0 Å². The molecule has 110 valence electrons. The van der Waals surface area contributed by atoms with E-state index in [9.17, 15) is 0 Å². The second-order valence-electron chi connectivity index (χ2n) is 5.53. The Balaban J connectivity index is 1.58. The lowest BCUT2D eigenvalue weighted by molar-refractivity contribution is 0.236. The molecule has 5 nitrogen and oxygen atoms in total. The predicted octanol–water partition coefficient (Wildman–Crippen LogP) is 2.43. The molecule has 5 heteroatoms. The zero-order valence-corrected chi connectivity index (χ0v) is 12.2. The summed E-state index contributed by atoms with van der Waals surface area (Å²) in [5.74, 6) is 1.81. The lowest BCUT2D eigenvalue weighted by Crippen LogP contribution is -2.31. The highest BCUT2D eigenvalue weighted by Gasteiger charge is 2.19. The highest BCUT2D eigenvalue weighted by molar-refractivity contribution is 5.54. The lowest BCUT2D eigenvalue weighted by atomic mass is 10.1. The first-order valence-corrected chi connectivity index (χ1v) is 7.49. The Bertz CT molecular complexity index is 752. The van der Waals surface area contributed by atoms with Crippen molar-refractivity contribution in [3.63, 3.8) is 0 Å². The molecule has 0 bridgehead atoms. The number of benzene rings is 1. The summed E-state index contributed by atoms with van der Waals surface area (Å²) in [5.41, 5.74) is 3.45. The van der Waals surface area contributed by atoms with E-state index in [4.69, 9.17) is 4.98 Å². The Kier molecular flexibility index (Phi) is 3.40. The molecule has 0 spiro atoms. The summed E-state index contributed by atoms with van der Waals surface area (Å²) >= 11 is 0. The van der Waals surface area contributed by atoms with Crippen LogP contribution in [0.5, 0.6) is 0 Å². The summed E-state index contributed by atoms with van der Waals surface area (Å²) in [6, 6.07) is 10.1. The molecule has 0 amide bonds. The van der Waals surface area contributed by atoms with Crippen LogP contribution < -0.4 is 0 Å². The monoisotopic (exact) mass is 291 g/mol. The van der Waals surface area contributed by atoms with Gasteiger partial charge in [-0.15, -0.1) is 0 Å². The molecule has 4 rings (SSSR count). The number of hydrogen-bond donors (Lipinski definition) is 1. The first-order chi connectivity index (χ1) is 10.9. The van der Waals surface area contributed by atoms with E-state index >= 15 is 0 Å². The highest BCUT2D eigenvalue weighted by atomic mass is 15.2. The quantitative estimate of drug-likeness (QED) is 0.805. The zero-order valence-electron chi connectivity index (χ0n) is 12.2. The molecule has 0 saturated carbocycles. The molecule has 1 aromatic carbocycles. The van der Waals surface area contributed by atoms with E-state index in [1.807, 2.05) is 42.7 Å². The van der Waals surface area contributed by atoms with Crippen LogP contribution in [0.1, 0.15) is 17.1 Å². The standard InChI is InChI=1S/C17H17N5/c1-2-4-13(5-3-1)17-20-10-14-6-9-22(11-15(14)21-17)12-16-18-7-8-19-16/h1-5,7-8,10H,6,9,11-12H2,(H,18,19). The van der Waals surface area contributed by atoms with Gasteiger partial charge in [-0.05, 0) is 12.0 Å². The second kappa shape index (κ2) is 5.69. The number of hydrogen-bond acceptors (Lipinski definition) is 4. The number of aromatic nitrogens is 4. The lowest BCUT2D eigenvalue weighted by Gasteiger charge is -2.27. The van der Waals surface area contributed by atoms with E-state index in [1.165, 1.54) is 5.56 Å². The molecule has 0 saturated heterocycles. The van der Waals surface area contributed by atoms with E-state index in [2.05, 4.69) is 19.9 Å². The average molecular weight is 291 g/mol. The predicted molar refractivity (Wildman–Crippen MR) is 83.9 cm³/mol. The second-order valence-corrected chi connectivity index (χ2v) is 5.53. The smallest absolute Gasteiger partial charge is 0.159 e. The van der Waals surface area contributed by atoms with Gasteiger partial charge in [-0.25, -0.2) is 15.0 Å². The van der Waals surface area contributed by atoms with Gasteiger partial charge in [0.25, 0.3) is 0 Å². The molecule has 2 aromatic heterocycles. The van der Waals surface area contributed by atoms with Gasteiger partial charge in [-0.3, -0.25) is 4.90 Å². The summed E-state index contributed by atoms with van der Waals surface area (Å²) in [6.45, 7) is 2.69. The zero-order chi connectivity index (χ0) is 14.8. The minimum Gasteiger partial charge on any atom is -0.348 e. The van der Waals surface area contributed by atoms with Crippen LogP contribution in [-0.4, -0.2) is 31.4 Å². The molecule has 0 radical (unpaired) electrons. The normalized spacial score (nSPS) is 14.7. The first kappa shape index (κ1) is 13.2. The van der Waals surface area contributed by atoms with E-state index in [1.54, 1.807) is 6.20 Å². The summed E-state index contributed by atoms with van der Waals surface area (Å²) in [4.78, 5) is 19.1. The highest BCUT2D eigenvalue weighted by Crippen LogP contribution is 2.21. The van der Waals surface area contributed by atoms with Gasteiger partial charge in [-0.1, -0.05) is 30.3 Å². The number of imidazole rings is 1. The Morgan fingerprint density at radius 3 is 2.86 bits per heavy atom. The Labute approximate surface area is 129 Å². The minimum absolute atomic E-state index is 0.805. The third-order valence-corrected chi connectivity index (χ3v) is 3.99. The Morgan fingerprint density at radius 1 is 1.14 bits per heavy atom.